The van der Waals surface area contributed by atoms with E-state index in [-0.39, 0.29) is 33.9 Å². The zero-order valence-corrected chi connectivity index (χ0v) is 17.9. The number of carbonyl (C=O) groups is 2. The first-order chi connectivity index (χ1) is 11.9. The van der Waals surface area contributed by atoms with E-state index in [0.717, 1.165) is 32.1 Å². The number of amides is 1. The van der Waals surface area contributed by atoms with Gasteiger partial charge < -0.3 is 15.3 Å². The van der Waals surface area contributed by atoms with Gasteiger partial charge in [-0.15, -0.1) is 0 Å². The normalized spacial score (nSPS) is 31.1. The van der Waals surface area contributed by atoms with Crippen molar-refractivity contribution in [1.29, 1.82) is 0 Å². The number of nitrogens with one attached hydrogen (secondary N) is 2. The van der Waals surface area contributed by atoms with Crippen molar-refractivity contribution < 1.29 is 14.2 Å². The van der Waals surface area contributed by atoms with E-state index in [2.05, 4.69) is 23.3 Å². The van der Waals surface area contributed by atoms with Gasteiger partial charge in [-0.05, 0) is 47.5 Å². The number of hydrogen-bond acceptors (Lipinski definition) is 5. The fourth-order valence-electron chi connectivity index (χ4n) is 4.42. The summed E-state index contributed by atoms with van der Waals surface area (Å²) >= 11 is 4.61. The summed E-state index contributed by atoms with van der Waals surface area (Å²) < 4.78 is 5.69. The van der Waals surface area contributed by atoms with Gasteiger partial charge in [0, 0.05) is 36.1 Å². The molecule has 0 aromatic carbocycles. The van der Waals surface area contributed by atoms with Crippen LogP contribution in [0, 0.1) is 11.8 Å². The van der Waals surface area contributed by atoms with Gasteiger partial charge in [-0.3, -0.25) is 9.59 Å². The van der Waals surface area contributed by atoms with Crippen LogP contribution in [0.1, 0.15) is 60.8 Å². The summed E-state index contributed by atoms with van der Waals surface area (Å²) in [6, 6.07) is 0.310. The summed E-state index contributed by atoms with van der Waals surface area (Å²) in [5, 5.41) is 6.56. The molecule has 1 saturated carbocycles. The van der Waals surface area contributed by atoms with Crippen LogP contribution in [0.15, 0.2) is 0 Å². The summed E-state index contributed by atoms with van der Waals surface area (Å²) in [5.41, 5.74) is -1.06. The highest BCUT2D eigenvalue weighted by molar-refractivity contribution is 7.81. The van der Waals surface area contributed by atoms with Crippen LogP contribution in [0.3, 0.4) is 0 Å². The molecular formula is C19H34BN2O3S. The van der Waals surface area contributed by atoms with Crippen LogP contribution in [0.25, 0.3) is 0 Å². The lowest BCUT2D eigenvalue weighted by molar-refractivity contribution is -0.134. The van der Waals surface area contributed by atoms with E-state index in [9.17, 15) is 9.59 Å². The van der Waals surface area contributed by atoms with E-state index in [1.165, 1.54) is 6.92 Å². The minimum Gasteiger partial charge on any atom is -0.434 e. The largest absolute Gasteiger partial charge is 0.434 e. The highest BCUT2D eigenvalue weighted by Crippen LogP contribution is 2.47. The Morgan fingerprint density at radius 1 is 1.31 bits per heavy atom. The van der Waals surface area contributed by atoms with E-state index in [1.54, 1.807) is 6.92 Å². The number of piperidine rings is 1. The van der Waals surface area contributed by atoms with Crippen molar-refractivity contribution in [3.8, 4) is 0 Å². The Bertz CT molecular complexity index is 549. The Labute approximate surface area is 164 Å². The number of rotatable bonds is 9. The molecular weight excluding hydrogens is 347 g/mol. The third-order valence-electron chi connectivity index (χ3n) is 6.53. The average Bonchev–Trinajstić information content (AvgIpc) is 3.06. The molecule has 1 saturated heterocycles. The molecule has 0 aromatic rings. The van der Waals surface area contributed by atoms with Gasteiger partial charge in [0.1, 0.15) is 5.54 Å². The third kappa shape index (κ3) is 4.15. The molecule has 1 heterocycles. The lowest BCUT2D eigenvalue weighted by atomic mass is 9.72. The first-order valence-corrected chi connectivity index (χ1v) is 10.1. The van der Waals surface area contributed by atoms with Gasteiger partial charge in [0.05, 0.1) is 5.60 Å². The Hall–Kier alpha value is -0.525. The molecule has 2 rings (SSSR count). The third-order valence-corrected chi connectivity index (χ3v) is 7.07. The van der Waals surface area contributed by atoms with Crippen molar-refractivity contribution in [1.82, 2.24) is 10.6 Å². The van der Waals surface area contributed by atoms with Crippen molar-refractivity contribution in [2.75, 3.05) is 6.54 Å². The van der Waals surface area contributed by atoms with Gasteiger partial charge >= 0.3 is 0 Å². The molecule has 2 bridgehead atoms. The van der Waals surface area contributed by atoms with Gasteiger partial charge in [-0.25, -0.2) is 0 Å². The summed E-state index contributed by atoms with van der Waals surface area (Å²) in [6.45, 7) is 12.1. The Morgan fingerprint density at radius 3 is 2.50 bits per heavy atom. The minimum atomic E-state index is -0.699. The SMILES string of the molecule is CC(=O)NC1(C(C)=O)C2CNC(C2)C1CCC[B]OC(C)(C)C(C)(C)S. The molecule has 147 valence electrons. The first-order valence-electron chi connectivity index (χ1n) is 9.67. The highest BCUT2D eigenvalue weighted by atomic mass is 32.1. The van der Waals surface area contributed by atoms with Gasteiger partial charge in [0.2, 0.25) is 5.91 Å². The first kappa shape index (κ1) is 21.8. The number of thiol groups is 1. The van der Waals surface area contributed by atoms with Crippen LogP contribution in [0.5, 0.6) is 0 Å². The number of hydrogen-bond donors (Lipinski definition) is 3. The van der Waals surface area contributed by atoms with Crippen LogP contribution in [-0.4, -0.2) is 47.6 Å². The maximum absolute atomic E-state index is 12.6. The Morgan fingerprint density at radius 2 is 1.96 bits per heavy atom. The molecule has 2 fully saturated rings. The van der Waals surface area contributed by atoms with Crippen LogP contribution in [0.2, 0.25) is 6.32 Å². The molecule has 0 aromatic heterocycles. The fraction of sp³-hybridized carbons (Fsp3) is 0.895. The second-order valence-corrected chi connectivity index (χ2v) is 10.1. The zero-order valence-electron chi connectivity index (χ0n) is 17.0. The number of carbonyl (C=O) groups excluding carboxylic acids is 2. The van der Waals surface area contributed by atoms with E-state index < -0.39 is 5.54 Å². The number of ketones is 1. The summed E-state index contributed by atoms with van der Waals surface area (Å²) in [6.07, 6.45) is 3.59. The van der Waals surface area contributed by atoms with Crippen LogP contribution in [-0.2, 0) is 14.2 Å². The molecule has 2 N–H and O–H groups in total. The number of fused-ring (bicyclic) bond motifs is 2. The van der Waals surface area contributed by atoms with Gasteiger partial charge in [-0.1, -0.05) is 12.7 Å². The summed E-state index contributed by atoms with van der Waals surface area (Å²) in [4.78, 5) is 24.3. The molecule has 26 heavy (non-hydrogen) atoms. The van der Waals surface area contributed by atoms with E-state index in [0.29, 0.717) is 6.04 Å². The number of Topliss-reactive ketones (excluding diaryl/α,β-unsaturated/α-hetero) is 1. The molecule has 7 heteroatoms. The Balaban J connectivity index is 1.93. The molecule has 1 aliphatic heterocycles. The molecule has 1 amide bonds. The summed E-state index contributed by atoms with van der Waals surface area (Å²) in [5.74, 6) is 0.309. The average molecular weight is 381 g/mol. The van der Waals surface area contributed by atoms with Crippen LogP contribution >= 0.6 is 12.6 Å². The van der Waals surface area contributed by atoms with Crippen molar-refractivity contribution >= 4 is 31.8 Å². The predicted octanol–water partition coefficient (Wildman–Crippen LogP) is 2.38. The molecule has 0 spiro atoms. The lowest BCUT2D eigenvalue weighted by Gasteiger charge is -2.43. The van der Waals surface area contributed by atoms with Crippen molar-refractivity contribution in [3.05, 3.63) is 0 Å². The highest BCUT2D eigenvalue weighted by Gasteiger charge is 2.60. The minimum absolute atomic E-state index is 0.0879. The topological polar surface area (TPSA) is 67.4 Å². The van der Waals surface area contributed by atoms with Crippen LogP contribution < -0.4 is 10.6 Å². The molecule has 5 nitrogen and oxygen atoms in total. The van der Waals surface area contributed by atoms with E-state index >= 15 is 0 Å². The smallest absolute Gasteiger partial charge is 0.293 e. The monoisotopic (exact) mass is 381 g/mol. The van der Waals surface area contributed by atoms with E-state index in [1.807, 2.05) is 35.2 Å². The van der Waals surface area contributed by atoms with Crippen molar-refractivity contribution in [2.45, 2.75) is 89.1 Å². The lowest BCUT2D eigenvalue weighted by Crippen LogP contribution is -2.65. The van der Waals surface area contributed by atoms with Crippen molar-refractivity contribution in [3.63, 3.8) is 0 Å². The molecule has 1 radical (unpaired) electrons. The quantitative estimate of drug-likeness (QED) is 0.326. The molecule has 4 atom stereocenters. The van der Waals surface area contributed by atoms with Gasteiger partial charge in [0.25, 0.3) is 7.48 Å². The van der Waals surface area contributed by atoms with Crippen LogP contribution in [0.4, 0.5) is 0 Å². The predicted molar refractivity (Wildman–Crippen MR) is 109 cm³/mol. The Kier molecular flexibility index (Phi) is 6.57. The van der Waals surface area contributed by atoms with E-state index in [4.69, 9.17) is 4.65 Å². The second kappa shape index (κ2) is 7.84. The zero-order chi connectivity index (χ0) is 19.8. The molecule has 1 aliphatic carbocycles. The maximum Gasteiger partial charge on any atom is 0.293 e. The maximum atomic E-state index is 12.6. The molecule has 2 aliphatic rings. The standard InChI is InChI=1S/C19H34BN2O3S/c1-12(23)19(22-13(2)24)14-10-16(21-11-14)15(19)8-7-9-20-25-17(3,4)18(5,6)26/h14-16,21,26H,7-11H2,1-6H3,(H,22,24). The molecule has 4 unspecified atom stereocenters. The fourth-order valence-corrected chi connectivity index (χ4v) is 4.48. The summed E-state index contributed by atoms with van der Waals surface area (Å²) in [7, 11) is 1.87. The van der Waals surface area contributed by atoms with Gasteiger partial charge in [0.15, 0.2) is 5.78 Å². The van der Waals surface area contributed by atoms with Gasteiger partial charge in [-0.2, -0.15) is 12.6 Å². The second-order valence-electron chi connectivity index (χ2n) is 8.94. The van der Waals surface area contributed by atoms with Crippen molar-refractivity contribution in [2.24, 2.45) is 11.8 Å².